The number of carbonyl (C=O) groups excluding carboxylic acids is 1. The molecule has 6 heteroatoms. The number of ether oxygens (including phenoxy) is 1. The van der Waals surface area contributed by atoms with Gasteiger partial charge in [-0.1, -0.05) is 31.2 Å². The molecule has 2 N–H and O–H groups in total. The van der Waals surface area contributed by atoms with Gasteiger partial charge in [-0.25, -0.2) is 9.78 Å². The first-order chi connectivity index (χ1) is 13.6. The van der Waals surface area contributed by atoms with Crippen LogP contribution in [0.4, 0.5) is 23.1 Å². The molecule has 1 aromatic heterocycles. The van der Waals surface area contributed by atoms with E-state index in [0.717, 1.165) is 17.8 Å². The summed E-state index contributed by atoms with van der Waals surface area (Å²) < 4.78 is 5.13. The van der Waals surface area contributed by atoms with Crippen molar-refractivity contribution in [2.75, 3.05) is 17.2 Å². The van der Waals surface area contributed by atoms with Crippen LogP contribution >= 0.6 is 0 Å². The van der Waals surface area contributed by atoms with Gasteiger partial charge in [-0.05, 0) is 50.1 Å². The molecule has 144 valence electrons. The number of hydrogen-bond acceptors (Lipinski definition) is 6. The quantitative estimate of drug-likeness (QED) is 0.565. The highest BCUT2D eigenvalue weighted by molar-refractivity contribution is 5.96. The van der Waals surface area contributed by atoms with Crippen LogP contribution in [0.15, 0.2) is 54.6 Å². The molecule has 2 aromatic carbocycles. The van der Waals surface area contributed by atoms with E-state index in [4.69, 9.17) is 4.74 Å². The molecule has 1 heterocycles. The minimum Gasteiger partial charge on any atom is -0.462 e. The molecular weight excluding hydrogens is 352 g/mol. The fourth-order valence-electron chi connectivity index (χ4n) is 2.76. The summed E-state index contributed by atoms with van der Waals surface area (Å²) in [7, 11) is 0. The summed E-state index contributed by atoms with van der Waals surface area (Å²) in [5.41, 5.74) is 4.09. The summed E-state index contributed by atoms with van der Waals surface area (Å²) in [4.78, 5) is 21.1. The number of rotatable bonds is 7. The van der Waals surface area contributed by atoms with Crippen molar-refractivity contribution in [1.82, 2.24) is 9.97 Å². The Bertz CT molecular complexity index is 955. The van der Waals surface area contributed by atoms with E-state index in [9.17, 15) is 4.79 Å². The number of para-hydroxylation sites is 1. The Kier molecular flexibility index (Phi) is 6.22. The van der Waals surface area contributed by atoms with Crippen molar-refractivity contribution in [2.24, 2.45) is 0 Å². The van der Waals surface area contributed by atoms with Crippen molar-refractivity contribution in [1.29, 1.82) is 0 Å². The van der Waals surface area contributed by atoms with Crippen molar-refractivity contribution in [2.45, 2.75) is 27.2 Å². The predicted octanol–water partition coefficient (Wildman–Crippen LogP) is 5.01. The number of nitrogens with zero attached hydrogens (tertiary/aromatic N) is 2. The minimum absolute atomic E-state index is 0.324. The van der Waals surface area contributed by atoms with Crippen LogP contribution in [0.25, 0.3) is 0 Å². The van der Waals surface area contributed by atoms with Crippen molar-refractivity contribution in [3.63, 3.8) is 0 Å². The molecule has 0 bridgehead atoms. The molecular formula is C22H24N4O2. The summed E-state index contributed by atoms with van der Waals surface area (Å²) in [6.07, 6.45) is 0.995. The molecule has 0 saturated carbocycles. The predicted molar refractivity (Wildman–Crippen MR) is 112 cm³/mol. The van der Waals surface area contributed by atoms with Gasteiger partial charge < -0.3 is 15.4 Å². The molecule has 0 atom stereocenters. The normalized spacial score (nSPS) is 10.4. The van der Waals surface area contributed by atoms with E-state index in [-0.39, 0.29) is 5.97 Å². The highest BCUT2D eigenvalue weighted by atomic mass is 16.5. The zero-order valence-electron chi connectivity index (χ0n) is 16.3. The molecule has 0 amide bonds. The van der Waals surface area contributed by atoms with Crippen LogP contribution in [0.2, 0.25) is 0 Å². The van der Waals surface area contributed by atoms with E-state index in [2.05, 4.69) is 39.7 Å². The van der Waals surface area contributed by atoms with Crippen LogP contribution in [0.1, 0.15) is 35.5 Å². The lowest BCUT2D eigenvalue weighted by atomic mass is 10.1. The first-order valence-electron chi connectivity index (χ1n) is 9.34. The van der Waals surface area contributed by atoms with Gasteiger partial charge in [0.05, 0.1) is 17.9 Å². The van der Waals surface area contributed by atoms with Gasteiger partial charge in [0.25, 0.3) is 0 Å². The minimum atomic E-state index is -0.370. The smallest absolute Gasteiger partial charge is 0.340 e. The number of hydrogen-bond donors (Lipinski definition) is 2. The van der Waals surface area contributed by atoms with Gasteiger partial charge in [0.1, 0.15) is 5.82 Å². The van der Waals surface area contributed by atoms with Gasteiger partial charge in [-0.15, -0.1) is 0 Å². The molecule has 0 aliphatic carbocycles. The van der Waals surface area contributed by atoms with Gasteiger partial charge in [-0.2, -0.15) is 4.98 Å². The van der Waals surface area contributed by atoms with Crippen molar-refractivity contribution in [3.8, 4) is 0 Å². The lowest BCUT2D eigenvalue weighted by Gasteiger charge is -2.13. The Morgan fingerprint density at radius 3 is 2.46 bits per heavy atom. The van der Waals surface area contributed by atoms with Crippen LogP contribution < -0.4 is 10.6 Å². The van der Waals surface area contributed by atoms with Gasteiger partial charge in [0.2, 0.25) is 5.95 Å². The lowest BCUT2D eigenvalue weighted by molar-refractivity contribution is 0.0527. The molecule has 0 fully saturated rings. The Labute approximate surface area is 165 Å². The second kappa shape index (κ2) is 8.99. The molecule has 0 radical (unpaired) electrons. The van der Waals surface area contributed by atoms with Crippen LogP contribution in [-0.2, 0) is 11.2 Å². The van der Waals surface area contributed by atoms with Gasteiger partial charge in [0.15, 0.2) is 0 Å². The maximum Gasteiger partial charge on any atom is 0.340 e. The van der Waals surface area contributed by atoms with Crippen molar-refractivity contribution in [3.05, 3.63) is 71.4 Å². The van der Waals surface area contributed by atoms with Gasteiger partial charge in [0, 0.05) is 17.4 Å². The Morgan fingerprint density at radius 1 is 1.00 bits per heavy atom. The maximum atomic E-state index is 12.2. The summed E-state index contributed by atoms with van der Waals surface area (Å²) >= 11 is 0. The number of carbonyl (C=O) groups is 1. The Hall–Kier alpha value is -3.41. The summed E-state index contributed by atoms with van der Waals surface area (Å²) in [6.45, 7) is 6.13. The van der Waals surface area contributed by atoms with Gasteiger partial charge in [-0.3, -0.25) is 0 Å². The number of nitrogens with one attached hydrogen (secondary N) is 2. The van der Waals surface area contributed by atoms with E-state index < -0.39 is 0 Å². The highest BCUT2D eigenvalue weighted by Gasteiger charge is 2.13. The molecule has 6 nitrogen and oxygen atoms in total. The molecule has 0 unspecified atom stereocenters. The molecule has 3 rings (SSSR count). The van der Waals surface area contributed by atoms with E-state index in [1.807, 2.05) is 37.3 Å². The fraction of sp³-hybridized carbons (Fsp3) is 0.227. The molecule has 0 spiro atoms. The van der Waals surface area contributed by atoms with Gasteiger partial charge >= 0.3 is 5.97 Å². The molecule has 3 aromatic rings. The number of benzene rings is 2. The van der Waals surface area contributed by atoms with Crippen LogP contribution in [0.3, 0.4) is 0 Å². The zero-order chi connectivity index (χ0) is 19.9. The maximum absolute atomic E-state index is 12.2. The third-order valence-electron chi connectivity index (χ3n) is 4.16. The average molecular weight is 376 g/mol. The number of anilines is 4. The number of esters is 1. The summed E-state index contributed by atoms with van der Waals surface area (Å²) in [5, 5.41) is 6.43. The second-order valence-electron chi connectivity index (χ2n) is 6.28. The fourth-order valence-corrected chi connectivity index (χ4v) is 2.76. The molecule has 0 aliphatic heterocycles. The Morgan fingerprint density at radius 2 is 1.75 bits per heavy atom. The SMILES string of the molecule is CCOC(=O)c1ccccc1Nc1cc(C)nc(Nc2ccc(CC)cc2)n1. The van der Waals surface area contributed by atoms with E-state index in [1.165, 1.54) is 5.56 Å². The largest absolute Gasteiger partial charge is 0.462 e. The summed E-state index contributed by atoms with van der Waals surface area (Å²) in [5.74, 6) is 0.711. The standard InChI is InChI=1S/C22H24N4O2/c1-4-16-10-12-17(13-11-16)24-22-23-15(3)14-20(26-22)25-19-9-7-6-8-18(19)21(27)28-5-2/h6-14H,4-5H2,1-3H3,(H2,23,24,25,26). The van der Waals surface area contributed by atoms with E-state index >= 15 is 0 Å². The first-order valence-corrected chi connectivity index (χ1v) is 9.34. The van der Waals surface area contributed by atoms with Crippen molar-refractivity contribution >= 4 is 29.1 Å². The van der Waals surface area contributed by atoms with Crippen LogP contribution in [0.5, 0.6) is 0 Å². The summed E-state index contributed by atoms with van der Waals surface area (Å²) in [6, 6.07) is 17.2. The van der Waals surface area contributed by atoms with E-state index in [0.29, 0.717) is 29.6 Å². The van der Waals surface area contributed by atoms with E-state index in [1.54, 1.807) is 19.1 Å². The zero-order valence-corrected chi connectivity index (χ0v) is 16.3. The third-order valence-corrected chi connectivity index (χ3v) is 4.16. The second-order valence-corrected chi connectivity index (χ2v) is 6.28. The monoisotopic (exact) mass is 376 g/mol. The average Bonchev–Trinajstić information content (AvgIpc) is 2.69. The topological polar surface area (TPSA) is 76.1 Å². The highest BCUT2D eigenvalue weighted by Crippen LogP contribution is 2.23. The lowest BCUT2D eigenvalue weighted by Crippen LogP contribution is -2.09. The molecule has 0 aliphatic rings. The van der Waals surface area contributed by atoms with Crippen molar-refractivity contribution < 1.29 is 9.53 Å². The third kappa shape index (κ3) is 4.85. The Balaban J connectivity index is 1.83. The molecule has 0 saturated heterocycles. The number of aryl methyl sites for hydroxylation is 2. The van der Waals surface area contributed by atoms with Crippen LogP contribution in [0, 0.1) is 6.92 Å². The molecule has 28 heavy (non-hydrogen) atoms. The van der Waals surface area contributed by atoms with Crippen LogP contribution in [-0.4, -0.2) is 22.5 Å². The first kappa shape index (κ1) is 19.4. The number of aromatic nitrogens is 2.